The molecule has 0 saturated carbocycles. The maximum absolute atomic E-state index is 12.7. The molecule has 3 rings (SSSR count). The summed E-state index contributed by atoms with van der Waals surface area (Å²) >= 11 is 0. The van der Waals surface area contributed by atoms with E-state index in [1.807, 2.05) is 30.3 Å². The van der Waals surface area contributed by atoms with Crippen molar-refractivity contribution < 1.29 is 14.3 Å². The van der Waals surface area contributed by atoms with Gasteiger partial charge in [-0.2, -0.15) is 0 Å². The van der Waals surface area contributed by atoms with Crippen LogP contribution in [0.15, 0.2) is 53.3 Å². The highest BCUT2D eigenvalue weighted by Gasteiger charge is 2.08. The Labute approximate surface area is 149 Å². The lowest BCUT2D eigenvalue weighted by Gasteiger charge is -2.08. The summed E-state index contributed by atoms with van der Waals surface area (Å²) in [5, 5.41) is 3.92. The summed E-state index contributed by atoms with van der Waals surface area (Å²) in [5.41, 5.74) is 1.24. The Kier molecular flexibility index (Phi) is 4.75. The van der Waals surface area contributed by atoms with Crippen molar-refractivity contribution >= 4 is 18.6 Å². The third kappa shape index (κ3) is 3.44. The molecule has 1 heterocycles. The highest BCUT2D eigenvalue weighted by molar-refractivity contribution is 5.71. The van der Waals surface area contributed by atoms with Crippen molar-refractivity contribution in [3.05, 3.63) is 75.0 Å². The smallest absolute Gasteiger partial charge is 0.308 e. The number of benzene rings is 2. The Bertz CT molecular complexity index is 1110. The Hall–Kier alpha value is -3.54. The van der Waals surface area contributed by atoms with Crippen LogP contribution < -0.4 is 25.6 Å². The van der Waals surface area contributed by atoms with E-state index in [1.165, 1.54) is 18.7 Å². The first-order chi connectivity index (χ1) is 12.5. The molecule has 1 aromatic heterocycles. The van der Waals surface area contributed by atoms with Gasteiger partial charge in [-0.3, -0.25) is 14.7 Å². The molecule has 1 N–H and O–H groups in total. The summed E-state index contributed by atoms with van der Waals surface area (Å²) in [4.78, 5) is 23.9. The SMILES string of the molecule is C=c1[nH]n(-c2ccccc2)c(=O)/c1=C/c1ccc(OC(C)=O)c(OC)c1. The van der Waals surface area contributed by atoms with Gasteiger partial charge in [0.15, 0.2) is 11.5 Å². The summed E-state index contributed by atoms with van der Waals surface area (Å²) in [7, 11) is 1.48. The highest BCUT2D eigenvalue weighted by Crippen LogP contribution is 2.28. The Balaban J connectivity index is 2.09. The second kappa shape index (κ2) is 7.14. The van der Waals surface area contributed by atoms with Crippen molar-refractivity contribution in [2.24, 2.45) is 0 Å². The number of aromatic nitrogens is 2. The second-order valence-electron chi connectivity index (χ2n) is 5.63. The van der Waals surface area contributed by atoms with Crippen LogP contribution >= 0.6 is 0 Å². The van der Waals surface area contributed by atoms with Crippen molar-refractivity contribution in [2.45, 2.75) is 6.92 Å². The molecular weight excluding hydrogens is 332 g/mol. The minimum Gasteiger partial charge on any atom is -0.493 e. The summed E-state index contributed by atoms with van der Waals surface area (Å²) < 4.78 is 11.8. The van der Waals surface area contributed by atoms with Gasteiger partial charge in [-0.25, -0.2) is 4.68 Å². The number of aromatic amines is 1. The van der Waals surface area contributed by atoms with Crippen LogP contribution in [-0.2, 0) is 4.79 Å². The largest absolute Gasteiger partial charge is 0.493 e. The van der Waals surface area contributed by atoms with Gasteiger partial charge in [0.25, 0.3) is 5.56 Å². The van der Waals surface area contributed by atoms with E-state index in [4.69, 9.17) is 9.47 Å². The first kappa shape index (κ1) is 17.3. The van der Waals surface area contributed by atoms with Crippen LogP contribution in [0, 0.1) is 0 Å². The normalized spacial score (nSPS) is 11.4. The molecule has 0 aliphatic rings. The molecule has 0 unspecified atom stereocenters. The van der Waals surface area contributed by atoms with Gasteiger partial charge in [0.05, 0.1) is 23.4 Å². The van der Waals surface area contributed by atoms with Gasteiger partial charge in [-0.15, -0.1) is 0 Å². The zero-order chi connectivity index (χ0) is 18.7. The number of rotatable bonds is 4. The van der Waals surface area contributed by atoms with E-state index in [2.05, 4.69) is 11.7 Å². The van der Waals surface area contributed by atoms with Crippen molar-refractivity contribution in [3.63, 3.8) is 0 Å². The molecule has 6 nitrogen and oxygen atoms in total. The fourth-order valence-corrected chi connectivity index (χ4v) is 2.58. The third-order valence-corrected chi connectivity index (χ3v) is 3.77. The van der Waals surface area contributed by atoms with Crippen LogP contribution in [0.2, 0.25) is 0 Å². The molecule has 6 heteroatoms. The number of para-hydroxylation sites is 1. The topological polar surface area (TPSA) is 73.3 Å². The van der Waals surface area contributed by atoms with Gasteiger partial charge < -0.3 is 9.47 Å². The minimum atomic E-state index is -0.434. The van der Waals surface area contributed by atoms with E-state index in [9.17, 15) is 9.59 Å². The van der Waals surface area contributed by atoms with Crippen LogP contribution in [0.5, 0.6) is 11.5 Å². The molecule has 0 fully saturated rings. The number of esters is 1. The summed E-state index contributed by atoms with van der Waals surface area (Å²) in [5.74, 6) is 0.290. The van der Waals surface area contributed by atoms with Crippen molar-refractivity contribution in [3.8, 4) is 17.2 Å². The molecule has 0 radical (unpaired) electrons. The van der Waals surface area contributed by atoms with Gasteiger partial charge in [-0.1, -0.05) is 30.8 Å². The molecule has 132 valence electrons. The Morgan fingerprint density at radius 1 is 1.15 bits per heavy atom. The quantitative estimate of drug-likeness (QED) is 0.569. The predicted molar refractivity (Wildman–Crippen MR) is 99.0 cm³/mol. The van der Waals surface area contributed by atoms with E-state index in [0.717, 1.165) is 11.3 Å². The summed E-state index contributed by atoms with van der Waals surface area (Å²) in [6, 6.07) is 14.3. The number of methoxy groups -OCH3 is 1. The fourth-order valence-electron chi connectivity index (χ4n) is 2.58. The molecule has 3 aromatic rings. The third-order valence-electron chi connectivity index (χ3n) is 3.77. The van der Waals surface area contributed by atoms with Gasteiger partial charge in [0.2, 0.25) is 0 Å². The highest BCUT2D eigenvalue weighted by atomic mass is 16.6. The molecule has 0 saturated heterocycles. The van der Waals surface area contributed by atoms with Crippen LogP contribution in [0.4, 0.5) is 0 Å². The average Bonchev–Trinajstić information content (AvgIpc) is 2.91. The van der Waals surface area contributed by atoms with Gasteiger partial charge in [0.1, 0.15) is 0 Å². The first-order valence-corrected chi connectivity index (χ1v) is 7.93. The molecular formula is C20H18N2O4. The number of H-pyrrole nitrogens is 1. The van der Waals surface area contributed by atoms with Gasteiger partial charge in [0, 0.05) is 6.92 Å². The Morgan fingerprint density at radius 2 is 1.88 bits per heavy atom. The maximum atomic E-state index is 12.7. The van der Waals surface area contributed by atoms with Crippen molar-refractivity contribution in [1.82, 2.24) is 9.78 Å². The first-order valence-electron chi connectivity index (χ1n) is 7.93. The van der Waals surface area contributed by atoms with E-state index >= 15 is 0 Å². The van der Waals surface area contributed by atoms with E-state index in [0.29, 0.717) is 22.1 Å². The maximum Gasteiger partial charge on any atom is 0.308 e. The van der Waals surface area contributed by atoms with E-state index in [-0.39, 0.29) is 5.56 Å². The minimum absolute atomic E-state index is 0.204. The molecule has 2 aromatic carbocycles. The number of ether oxygens (including phenoxy) is 2. The van der Waals surface area contributed by atoms with Crippen LogP contribution in [-0.4, -0.2) is 22.9 Å². The van der Waals surface area contributed by atoms with E-state index < -0.39 is 5.97 Å². The zero-order valence-electron chi connectivity index (χ0n) is 14.5. The molecule has 0 atom stereocenters. The monoisotopic (exact) mass is 350 g/mol. The second-order valence-corrected chi connectivity index (χ2v) is 5.63. The lowest BCUT2D eigenvalue weighted by atomic mass is 10.1. The molecule has 0 bridgehead atoms. The molecule has 0 amide bonds. The van der Waals surface area contributed by atoms with Gasteiger partial charge >= 0.3 is 5.97 Å². The molecule has 0 aliphatic carbocycles. The number of carbonyl (C=O) groups excluding carboxylic acids is 1. The molecule has 0 spiro atoms. The molecule has 0 aliphatic heterocycles. The number of nitrogens with one attached hydrogen (secondary N) is 1. The average molecular weight is 350 g/mol. The lowest BCUT2D eigenvalue weighted by Crippen LogP contribution is -2.33. The van der Waals surface area contributed by atoms with Gasteiger partial charge in [-0.05, 0) is 35.9 Å². The van der Waals surface area contributed by atoms with Crippen molar-refractivity contribution in [1.29, 1.82) is 0 Å². The van der Waals surface area contributed by atoms with Crippen LogP contribution in [0.1, 0.15) is 12.5 Å². The standard InChI is InChI=1S/C20H18N2O4/c1-13-17(20(24)22(21-13)16-7-5-4-6-8-16)11-15-9-10-18(26-14(2)23)19(12-15)25-3/h4-12,21H,1H2,2-3H3/b17-11+. The predicted octanol–water partition coefficient (Wildman–Crippen LogP) is 1.34. The number of hydrogen-bond donors (Lipinski definition) is 1. The Morgan fingerprint density at radius 3 is 2.54 bits per heavy atom. The van der Waals surface area contributed by atoms with Crippen LogP contribution in [0.3, 0.4) is 0 Å². The lowest BCUT2D eigenvalue weighted by molar-refractivity contribution is -0.132. The fraction of sp³-hybridized carbons (Fsp3) is 0.100. The number of carbonyl (C=O) groups is 1. The molecule has 26 heavy (non-hydrogen) atoms. The zero-order valence-corrected chi connectivity index (χ0v) is 14.5. The number of hydrogen-bond acceptors (Lipinski definition) is 4. The number of nitrogens with zero attached hydrogens (tertiary/aromatic N) is 1. The van der Waals surface area contributed by atoms with Crippen LogP contribution in [0.25, 0.3) is 18.3 Å². The van der Waals surface area contributed by atoms with Crippen molar-refractivity contribution in [2.75, 3.05) is 7.11 Å². The summed E-state index contributed by atoms with van der Waals surface area (Å²) in [6.45, 7) is 5.23. The van der Waals surface area contributed by atoms with E-state index in [1.54, 1.807) is 24.3 Å². The summed E-state index contributed by atoms with van der Waals surface area (Å²) in [6.07, 6.45) is 1.71.